The number of hydrazine groups is 1. The van der Waals surface area contributed by atoms with Crippen LogP contribution in [0.5, 0.6) is 0 Å². The van der Waals surface area contributed by atoms with Crippen LogP contribution in [0.1, 0.15) is 5.89 Å². The van der Waals surface area contributed by atoms with Crippen LogP contribution in [0, 0.1) is 6.92 Å². The minimum absolute atomic E-state index is 0.0463. The van der Waals surface area contributed by atoms with Gasteiger partial charge in [-0.05, 0) is 5.16 Å². The van der Waals surface area contributed by atoms with Crippen molar-refractivity contribution in [3.63, 3.8) is 0 Å². The number of anilines is 1. The number of urea groups is 1. The topological polar surface area (TPSA) is 111 Å². The van der Waals surface area contributed by atoms with Gasteiger partial charge >= 0.3 is 6.03 Å². The van der Waals surface area contributed by atoms with Gasteiger partial charge in [0.25, 0.3) is 5.95 Å². The van der Waals surface area contributed by atoms with Crippen LogP contribution in [-0.4, -0.2) is 16.2 Å². The molecule has 0 aliphatic rings. The monoisotopic (exact) mass is 157 g/mol. The number of rotatable bonds is 1. The maximum atomic E-state index is 10.4. The quantitative estimate of drug-likeness (QED) is 0.313. The Labute approximate surface area is 61.9 Å². The molecule has 0 atom stereocenters. The fourth-order valence-electron chi connectivity index (χ4n) is 0.485. The summed E-state index contributed by atoms with van der Waals surface area (Å²) in [5, 5.41) is 3.94. The lowest BCUT2D eigenvalue weighted by atomic mass is 10.8. The van der Waals surface area contributed by atoms with Gasteiger partial charge in [0, 0.05) is 6.92 Å². The van der Waals surface area contributed by atoms with Gasteiger partial charge in [-0.25, -0.2) is 10.6 Å². The first-order chi connectivity index (χ1) is 5.11. The lowest BCUT2D eigenvalue weighted by Gasteiger charge is -2.05. The van der Waals surface area contributed by atoms with Gasteiger partial charge in [0.2, 0.25) is 5.89 Å². The van der Waals surface area contributed by atoms with Gasteiger partial charge in [-0.15, -0.1) is 0 Å². The highest BCUT2D eigenvalue weighted by Crippen LogP contribution is 2.02. The van der Waals surface area contributed by atoms with E-state index in [1.807, 2.05) is 0 Å². The van der Waals surface area contributed by atoms with E-state index in [2.05, 4.69) is 14.7 Å². The lowest BCUT2D eigenvalue weighted by Crippen LogP contribution is -2.42. The number of carbonyl (C=O) groups is 1. The number of amides is 2. The average molecular weight is 157 g/mol. The molecule has 0 aromatic carbocycles. The summed E-state index contributed by atoms with van der Waals surface area (Å²) in [6, 6.07) is -0.842. The predicted octanol–water partition coefficient (Wildman–Crippen LogP) is -0.863. The van der Waals surface area contributed by atoms with Crippen molar-refractivity contribution in [1.29, 1.82) is 0 Å². The Kier molecular flexibility index (Phi) is 1.73. The van der Waals surface area contributed by atoms with E-state index >= 15 is 0 Å². The molecular formula is C4H7N5O2. The second-order valence-corrected chi connectivity index (χ2v) is 1.82. The van der Waals surface area contributed by atoms with Crippen LogP contribution in [-0.2, 0) is 0 Å². The number of nitrogens with two attached hydrogens (primary N) is 2. The number of aromatic nitrogens is 2. The molecule has 4 N–H and O–H groups in total. The summed E-state index contributed by atoms with van der Waals surface area (Å²) < 4.78 is 4.55. The Balaban J connectivity index is 2.84. The summed E-state index contributed by atoms with van der Waals surface area (Å²) in [4.78, 5) is 14.1. The SMILES string of the molecule is Cc1nc(N(N)C(N)=O)no1. The Morgan fingerprint density at radius 2 is 2.36 bits per heavy atom. The molecule has 0 bridgehead atoms. The molecule has 0 unspecified atom stereocenters. The first-order valence-electron chi connectivity index (χ1n) is 2.76. The summed E-state index contributed by atoms with van der Waals surface area (Å²) in [6.45, 7) is 1.57. The average Bonchev–Trinajstić information content (AvgIpc) is 2.34. The van der Waals surface area contributed by atoms with Crippen molar-refractivity contribution in [3.05, 3.63) is 5.89 Å². The maximum absolute atomic E-state index is 10.4. The van der Waals surface area contributed by atoms with E-state index in [1.165, 1.54) is 0 Å². The third-order valence-corrected chi connectivity index (χ3v) is 0.970. The molecule has 0 fully saturated rings. The van der Waals surface area contributed by atoms with Crippen molar-refractivity contribution in [2.45, 2.75) is 6.92 Å². The van der Waals surface area contributed by atoms with Gasteiger partial charge in [-0.2, -0.15) is 9.99 Å². The van der Waals surface area contributed by atoms with Crippen molar-refractivity contribution in [2.75, 3.05) is 5.01 Å². The molecule has 7 heteroatoms. The summed E-state index contributed by atoms with van der Waals surface area (Å²) >= 11 is 0. The first-order valence-corrected chi connectivity index (χ1v) is 2.76. The molecule has 7 nitrogen and oxygen atoms in total. The van der Waals surface area contributed by atoms with E-state index in [4.69, 9.17) is 11.6 Å². The van der Waals surface area contributed by atoms with Gasteiger partial charge in [-0.3, -0.25) is 0 Å². The van der Waals surface area contributed by atoms with E-state index in [0.29, 0.717) is 10.9 Å². The molecule has 0 spiro atoms. The molecule has 60 valence electrons. The molecule has 1 aromatic rings. The van der Waals surface area contributed by atoms with Gasteiger partial charge in [0.15, 0.2) is 0 Å². The minimum Gasteiger partial charge on any atom is -0.350 e. The fourth-order valence-corrected chi connectivity index (χ4v) is 0.485. The van der Waals surface area contributed by atoms with Crippen LogP contribution in [0.15, 0.2) is 4.52 Å². The second-order valence-electron chi connectivity index (χ2n) is 1.82. The molecule has 0 aliphatic carbocycles. The summed E-state index contributed by atoms with van der Waals surface area (Å²) in [5.74, 6) is 5.40. The predicted molar refractivity (Wildman–Crippen MR) is 35.3 cm³/mol. The van der Waals surface area contributed by atoms with E-state index < -0.39 is 6.03 Å². The number of hydrogen-bond acceptors (Lipinski definition) is 5. The molecule has 1 heterocycles. The highest BCUT2D eigenvalue weighted by atomic mass is 16.5. The third-order valence-electron chi connectivity index (χ3n) is 0.970. The number of hydrogen-bond donors (Lipinski definition) is 2. The summed E-state index contributed by atoms with van der Waals surface area (Å²) in [7, 11) is 0. The van der Waals surface area contributed by atoms with E-state index in [1.54, 1.807) is 6.92 Å². The smallest absolute Gasteiger partial charge is 0.336 e. The molecule has 1 aromatic heterocycles. The Hall–Kier alpha value is -1.63. The summed E-state index contributed by atoms with van der Waals surface area (Å²) in [5.41, 5.74) is 4.82. The number of aryl methyl sites for hydroxylation is 1. The molecule has 0 radical (unpaired) electrons. The Morgan fingerprint density at radius 3 is 2.73 bits per heavy atom. The van der Waals surface area contributed by atoms with Crippen molar-refractivity contribution < 1.29 is 9.32 Å². The zero-order valence-corrected chi connectivity index (χ0v) is 5.81. The van der Waals surface area contributed by atoms with Crippen LogP contribution >= 0.6 is 0 Å². The largest absolute Gasteiger partial charge is 0.350 e. The number of primary amides is 1. The van der Waals surface area contributed by atoms with Crippen LogP contribution in [0.4, 0.5) is 10.7 Å². The van der Waals surface area contributed by atoms with Crippen LogP contribution in [0.25, 0.3) is 0 Å². The van der Waals surface area contributed by atoms with Crippen molar-refractivity contribution in [3.8, 4) is 0 Å². The molecule has 0 aliphatic heterocycles. The van der Waals surface area contributed by atoms with E-state index in [0.717, 1.165) is 0 Å². The first kappa shape index (κ1) is 7.48. The van der Waals surface area contributed by atoms with Gasteiger partial charge in [-0.1, -0.05) is 0 Å². The number of carbonyl (C=O) groups excluding carboxylic acids is 1. The van der Waals surface area contributed by atoms with Crippen LogP contribution in [0.3, 0.4) is 0 Å². The van der Waals surface area contributed by atoms with Crippen molar-refractivity contribution >= 4 is 12.0 Å². The highest BCUT2D eigenvalue weighted by Gasteiger charge is 2.12. The van der Waals surface area contributed by atoms with Gasteiger partial charge < -0.3 is 10.3 Å². The molecule has 11 heavy (non-hydrogen) atoms. The van der Waals surface area contributed by atoms with Gasteiger partial charge in [0.05, 0.1) is 0 Å². The van der Waals surface area contributed by atoms with Crippen molar-refractivity contribution in [2.24, 2.45) is 11.6 Å². The second kappa shape index (κ2) is 2.54. The van der Waals surface area contributed by atoms with E-state index in [-0.39, 0.29) is 5.95 Å². The Morgan fingerprint density at radius 1 is 1.73 bits per heavy atom. The van der Waals surface area contributed by atoms with E-state index in [9.17, 15) is 4.79 Å². The third kappa shape index (κ3) is 1.44. The normalized spacial score (nSPS) is 9.64. The zero-order valence-electron chi connectivity index (χ0n) is 5.81. The Bertz CT molecular complexity index is 269. The fraction of sp³-hybridized carbons (Fsp3) is 0.250. The summed E-state index contributed by atoms with van der Waals surface area (Å²) in [6.07, 6.45) is 0. The standard InChI is InChI=1S/C4H7N5O2/c1-2-7-4(8-11-2)9(6)3(5)10/h6H2,1H3,(H2,5,10). The molecule has 1 rings (SSSR count). The molecular weight excluding hydrogens is 150 g/mol. The lowest BCUT2D eigenvalue weighted by molar-refractivity contribution is 0.253. The van der Waals surface area contributed by atoms with Crippen LogP contribution < -0.4 is 16.6 Å². The molecule has 2 amide bonds. The van der Waals surface area contributed by atoms with Crippen molar-refractivity contribution in [1.82, 2.24) is 10.1 Å². The zero-order chi connectivity index (χ0) is 8.43. The molecule has 0 saturated carbocycles. The highest BCUT2D eigenvalue weighted by molar-refractivity contribution is 5.87. The maximum Gasteiger partial charge on any atom is 0.336 e. The molecule has 0 saturated heterocycles. The minimum atomic E-state index is -0.842. The van der Waals surface area contributed by atoms with Crippen LogP contribution in [0.2, 0.25) is 0 Å². The van der Waals surface area contributed by atoms with Gasteiger partial charge in [0.1, 0.15) is 0 Å². The number of nitrogens with zero attached hydrogens (tertiary/aromatic N) is 3.